The maximum atomic E-state index is 14.1. The van der Waals surface area contributed by atoms with E-state index in [1.54, 1.807) is 48.5 Å². The predicted molar refractivity (Wildman–Crippen MR) is 228 cm³/mol. The van der Waals surface area contributed by atoms with E-state index in [0.717, 1.165) is 43.4 Å². The van der Waals surface area contributed by atoms with Crippen molar-refractivity contribution in [2.45, 2.75) is 173 Å². The minimum Gasteiger partial charge on any atom is -0.465 e. The Labute approximate surface area is 348 Å². The molecule has 2 aromatic rings. The Morgan fingerprint density at radius 2 is 0.897 bits per heavy atom. The van der Waals surface area contributed by atoms with Crippen LogP contribution in [-0.2, 0) is 38.9 Å². The SMILES string of the molecule is CCCCCCCCCCCCCC(=O)OCC(COC(=O)CCCCCCCCCCCCC)C(=O)OCN1C(=O)NC(c2ccccc2)(c2ccccc2)C1=O. The second-order valence-electron chi connectivity index (χ2n) is 15.9. The molecule has 0 radical (unpaired) electrons. The van der Waals surface area contributed by atoms with Gasteiger partial charge in [-0.25, -0.2) is 9.69 Å². The fourth-order valence-corrected chi connectivity index (χ4v) is 7.46. The van der Waals surface area contributed by atoms with Crippen LogP contribution in [0.1, 0.15) is 179 Å². The van der Waals surface area contributed by atoms with Gasteiger partial charge in [0.05, 0.1) is 0 Å². The Balaban J connectivity index is 1.50. The minimum absolute atomic E-state index is 0.223. The molecule has 1 saturated heterocycles. The van der Waals surface area contributed by atoms with E-state index in [1.807, 2.05) is 12.1 Å². The molecule has 1 N–H and O–H groups in total. The topological polar surface area (TPSA) is 128 Å². The van der Waals surface area contributed by atoms with Crippen molar-refractivity contribution in [1.82, 2.24) is 10.2 Å². The van der Waals surface area contributed by atoms with Crippen LogP contribution < -0.4 is 5.32 Å². The largest absolute Gasteiger partial charge is 0.465 e. The van der Waals surface area contributed by atoms with Crippen LogP contribution in [0, 0.1) is 5.92 Å². The minimum atomic E-state index is -1.51. The summed E-state index contributed by atoms with van der Waals surface area (Å²) in [5.74, 6) is -3.45. The van der Waals surface area contributed by atoms with Crippen LogP contribution >= 0.6 is 0 Å². The molecule has 58 heavy (non-hydrogen) atoms. The summed E-state index contributed by atoms with van der Waals surface area (Å²) in [6.45, 7) is 3.09. The van der Waals surface area contributed by atoms with Gasteiger partial charge < -0.3 is 19.5 Å². The van der Waals surface area contributed by atoms with Gasteiger partial charge in [-0.05, 0) is 24.0 Å². The van der Waals surface area contributed by atoms with E-state index in [0.29, 0.717) is 24.0 Å². The molecule has 3 amide bonds. The Morgan fingerprint density at radius 3 is 1.28 bits per heavy atom. The lowest BCUT2D eigenvalue weighted by Crippen LogP contribution is -2.45. The maximum Gasteiger partial charge on any atom is 0.328 e. The van der Waals surface area contributed by atoms with Gasteiger partial charge in [0.15, 0.2) is 12.3 Å². The third kappa shape index (κ3) is 17.3. The van der Waals surface area contributed by atoms with Gasteiger partial charge in [0.1, 0.15) is 19.1 Å². The summed E-state index contributed by atoms with van der Waals surface area (Å²) in [5.41, 5.74) is -0.403. The zero-order chi connectivity index (χ0) is 41.7. The van der Waals surface area contributed by atoms with E-state index >= 15 is 0 Å². The lowest BCUT2D eigenvalue weighted by Gasteiger charge is -2.28. The van der Waals surface area contributed by atoms with Crippen molar-refractivity contribution in [2.75, 3.05) is 19.9 Å². The molecular formula is C48H72N2O8. The number of rotatable bonds is 33. The van der Waals surface area contributed by atoms with Crippen molar-refractivity contribution in [3.05, 3.63) is 71.8 Å². The number of ether oxygens (including phenoxy) is 3. The number of nitrogens with zero attached hydrogens (tertiary/aromatic N) is 1. The van der Waals surface area contributed by atoms with Crippen LogP contribution in [0.5, 0.6) is 0 Å². The number of hydrogen-bond donors (Lipinski definition) is 1. The van der Waals surface area contributed by atoms with Gasteiger partial charge in [0.2, 0.25) is 0 Å². The highest BCUT2D eigenvalue weighted by atomic mass is 16.6. The van der Waals surface area contributed by atoms with Gasteiger partial charge >= 0.3 is 23.9 Å². The number of imide groups is 1. The number of benzene rings is 2. The highest BCUT2D eigenvalue weighted by Gasteiger charge is 2.54. The molecular weight excluding hydrogens is 733 g/mol. The highest BCUT2D eigenvalue weighted by Crippen LogP contribution is 2.36. The molecule has 0 bridgehead atoms. The molecule has 2 aromatic carbocycles. The van der Waals surface area contributed by atoms with Gasteiger partial charge in [-0.15, -0.1) is 0 Å². The maximum absolute atomic E-state index is 14.1. The number of unbranched alkanes of at least 4 members (excludes halogenated alkanes) is 20. The van der Waals surface area contributed by atoms with Gasteiger partial charge in [-0.3, -0.25) is 19.2 Å². The lowest BCUT2D eigenvalue weighted by atomic mass is 9.83. The molecule has 0 aliphatic carbocycles. The van der Waals surface area contributed by atoms with Crippen LogP contribution in [0.4, 0.5) is 4.79 Å². The van der Waals surface area contributed by atoms with Crippen LogP contribution in [0.25, 0.3) is 0 Å². The second-order valence-corrected chi connectivity index (χ2v) is 15.9. The van der Waals surface area contributed by atoms with Crippen molar-refractivity contribution in [3.63, 3.8) is 0 Å². The standard InChI is InChI=1S/C48H72N2O8/c1-3-5-7-9-11-13-15-17-19-21-29-35-43(51)56-37-40(38-57-44(52)36-30-22-20-18-16-14-12-10-8-6-4-2)45(53)58-39-50-46(54)48(49-47(50)55,41-31-25-23-26-32-41)42-33-27-24-28-34-42/h23-28,31-34,40H,3-22,29-30,35-39H2,1-2H3,(H,49,55). The first-order valence-electron chi connectivity index (χ1n) is 22.6. The Bertz CT molecular complexity index is 1390. The van der Waals surface area contributed by atoms with Gasteiger partial charge in [0.25, 0.3) is 5.91 Å². The summed E-state index contributed by atoms with van der Waals surface area (Å²) in [4.78, 5) is 67.1. The number of esters is 3. The van der Waals surface area contributed by atoms with E-state index < -0.39 is 48.0 Å². The second kappa shape index (κ2) is 29.1. The summed E-state index contributed by atoms with van der Waals surface area (Å²) in [5, 5.41) is 2.84. The fraction of sp³-hybridized carbons (Fsp3) is 0.646. The molecule has 0 aromatic heterocycles. The van der Waals surface area contributed by atoms with E-state index in [-0.39, 0.29) is 26.1 Å². The van der Waals surface area contributed by atoms with Crippen molar-refractivity contribution < 1.29 is 38.2 Å². The average molecular weight is 805 g/mol. The normalized spacial score (nSPS) is 13.5. The van der Waals surface area contributed by atoms with Gasteiger partial charge in [-0.2, -0.15) is 0 Å². The van der Waals surface area contributed by atoms with Crippen LogP contribution in [0.2, 0.25) is 0 Å². The molecule has 1 aliphatic heterocycles. The Kier molecular flexibility index (Phi) is 24.1. The highest BCUT2D eigenvalue weighted by molar-refractivity contribution is 6.09. The monoisotopic (exact) mass is 805 g/mol. The summed E-state index contributed by atoms with van der Waals surface area (Å²) in [6, 6.07) is 17.1. The number of nitrogens with one attached hydrogen (secondary N) is 1. The number of urea groups is 1. The zero-order valence-electron chi connectivity index (χ0n) is 35.7. The first-order chi connectivity index (χ1) is 28.3. The molecule has 1 fully saturated rings. The first kappa shape index (κ1) is 48.2. The molecule has 0 unspecified atom stereocenters. The average Bonchev–Trinajstić information content (AvgIpc) is 3.50. The fourth-order valence-electron chi connectivity index (χ4n) is 7.46. The summed E-state index contributed by atoms with van der Waals surface area (Å²) in [6.07, 6.45) is 26.0. The number of amides is 3. The van der Waals surface area contributed by atoms with Crippen LogP contribution in [0.3, 0.4) is 0 Å². The zero-order valence-corrected chi connectivity index (χ0v) is 35.7. The molecule has 0 spiro atoms. The lowest BCUT2D eigenvalue weighted by molar-refractivity contribution is -0.163. The first-order valence-corrected chi connectivity index (χ1v) is 22.6. The predicted octanol–water partition coefficient (Wildman–Crippen LogP) is 11.1. The molecule has 1 aliphatic rings. The molecule has 3 rings (SSSR count). The van der Waals surface area contributed by atoms with Crippen molar-refractivity contribution in [3.8, 4) is 0 Å². The third-order valence-corrected chi connectivity index (χ3v) is 11.0. The van der Waals surface area contributed by atoms with Crippen LogP contribution in [-0.4, -0.2) is 54.7 Å². The van der Waals surface area contributed by atoms with E-state index in [4.69, 9.17) is 14.2 Å². The number of carbonyl (C=O) groups is 5. The quantitative estimate of drug-likeness (QED) is 0.0327. The smallest absolute Gasteiger partial charge is 0.328 e. The summed E-state index contributed by atoms with van der Waals surface area (Å²) >= 11 is 0. The molecule has 10 nitrogen and oxygen atoms in total. The molecule has 10 heteroatoms. The van der Waals surface area contributed by atoms with Crippen molar-refractivity contribution in [2.24, 2.45) is 5.92 Å². The van der Waals surface area contributed by atoms with E-state index in [9.17, 15) is 24.0 Å². The third-order valence-electron chi connectivity index (χ3n) is 11.0. The molecule has 0 saturated carbocycles. The Morgan fingerprint density at radius 1 is 0.534 bits per heavy atom. The van der Waals surface area contributed by atoms with Gasteiger partial charge in [0, 0.05) is 12.8 Å². The molecule has 0 atom stereocenters. The van der Waals surface area contributed by atoms with Crippen LogP contribution in [0.15, 0.2) is 60.7 Å². The van der Waals surface area contributed by atoms with E-state index in [2.05, 4.69) is 19.2 Å². The molecule has 322 valence electrons. The van der Waals surface area contributed by atoms with E-state index in [1.165, 1.54) is 89.9 Å². The summed E-state index contributed by atoms with van der Waals surface area (Å²) in [7, 11) is 0. The molecule has 1 heterocycles. The Hall–Kier alpha value is -4.21. The van der Waals surface area contributed by atoms with Crippen molar-refractivity contribution >= 4 is 29.8 Å². The summed E-state index contributed by atoms with van der Waals surface area (Å²) < 4.78 is 16.5. The van der Waals surface area contributed by atoms with Gasteiger partial charge in [-0.1, -0.05) is 203 Å². The number of carbonyl (C=O) groups excluding carboxylic acids is 5. The van der Waals surface area contributed by atoms with Crippen molar-refractivity contribution in [1.29, 1.82) is 0 Å². The number of hydrogen-bond acceptors (Lipinski definition) is 8.